The second-order valence-corrected chi connectivity index (χ2v) is 10.1. The highest BCUT2D eigenvalue weighted by atomic mass is 35.5. The third-order valence-corrected chi connectivity index (χ3v) is 7.95. The Hall–Kier alpha value is -1.68. The van der Waals surface area contributed by atoms with Crippen LogP contribution in [0.2, 0.25) is 5.02 Å². The van der Waals surface area contributed by atoms with Gasteiger partial charge in [0.05, 0.1) is 10.6 Å². The highest BCUT2D eigenvalue weighted by Crippen LogP contribution is 2.39. The Labute approximate surface area is 187 Å². The first-order valence-electron chi connectivity index (χ1n) is 11.3. The SMILES string of the molecule is [2H]C([2H])(N)C1(Nc2nc(N3CCC(c4ncc(Cl)cn4)CC3)nc3c2[S@+]([O-])CC3)CCC1. The minimum Gasteiger partial charge on any atom is -0.611 e. The van der Waals surface area contributed by atoms with Crippen molar-refractivity contribution in [3.8, 4) is 0 Å². The largest absolute Gasteiger partial charge is 0.611 e. The molecule has 10 heteroatoms. The molecule has 30 heavy (non-hydrogen) atoms. The second kappa shape index (κ2) is 8.11. The molecule has 1 atom stereocenters. The standard InChI is InChI=1S/C20H26ClN7OS/c21-14-10-23-17(24-11-14)13-2-7-28(8-3-13)19-25-15-4-9-30(29)16(15)18(26-19)27-20(12-22)5-1-6-20/h10-11,13H,1-9,12,22H2,(H,25,26,27)/t30-/m1/s1/i12D2. The highest BCUT2D eigenvalue weighted by molar-refractivity contribution is 7.91. The van der Waals surface area contributed by atoms with Gasteiger partial charge in [-0.1, -0.05) is 11.6 Å². The average molecular weight is 450 g/mol. The molecule has 0 unspecified atom stereocenters. The predicted octanol–water partition coefficient (Wildman–Crippen LogP) is 2.26. The van der Waals surface area contributed by atoms with E-state index in [-0.39, 0.29) is 5.92 Å². The fourth-order valence-electron chi connectivity index (χ4n) is 4.34. The smallest absolute Gasteiger partial charge is 0.227 e. The van der Waals surface area contributed by atoms with Crippen LogP contribution in [0.3, 0.4) is 0 Å². The Bertz CT molecular complexity index is 995. The molecule has 2 aromatic heterocycles. The lowest BCUT2D eigenvalue weighted by Crippen LogP contribution is -2.51. The van der Waals surface area contributed by atoms with Crippen LogP contribution in [0.1, 0.15) is 52.3 Å². The molecule has 0 amide bonds. The van der Waals surface area contributed by atoms with Crippen LogP contribution in [0.5, 0.6) is 0 Å². The van der Waals surface area contributed by atoms with E-state index in [1.807, 2.05) is 0 Å². The third kappa shape index (κ3) is 3.72. The first-order chi connectivity index (χ1) is 15.3. The number of aromatic nitrogens is 4. The van der Waals surface area contributed by atoms with E-state index in [1.165, 1.54) is 0 Å². The zero-order valence-electron chi connectivity index (χ0n) is 18.6. The monoisotopic (exact) mass is 449 g/mol. The molecule has 1 saturated carbocycles. The summed E-state index contributed by atoms with van der Waals surface area (Å²) >= 11 is 4.71. The van der Waals surface area contributed by atoms with Crippen LogP contribution in [-0.2, 0) is 17.6 Å². The summed E-state index contributed by atoms with van der Waals surface area (Å²) in [7, 11) is 0. The van der Waals surface area contributed by atoms with Gasteiger partial charge in [0.15, 0.2) is 5.82 Å². The molecular weight excluding hydrogens is 422 g/mol. The summed E-state index contributed by atoms with van der Waals surface area (Å²) in [6.07, 6.45) is 7.75. The lowest BCUT2D eigenvalue weighted by Gasteiger charge is -2.42. The van der Waals surface area contributed by atoms with Crippen LogP contribution >= 0.6 is 11.6 Å². The number of nitrogens with zero attached hydrogens (tertiary/aromatic N) is 5. The topological polar surface area (TPSA) is 116 Å². The Morgan fingerprint density at radius 2 is 2.03 bits per heavy atom. The summed E-state index contributed by atoms with van der Waals surface area (Å²) in [6.45, 7) is -0.401. The molecule has 3 aliphatic rings. The molecule has 1 saturated heterocycles. The fraction of sp³-hybridized carbons (Fsp3) is 0.600. The van der Waals surface area contributed by atoms with Gasteiger partial charge >= 0.3 is 0 Å². The summed E-state index contributed by atoms with van der Waals surface area (Å²) in [4.78, 5) is 21.0. The van der Waals surface area contributed by atoms with Crippen molar-refractivity contribution in [2.24, 2.45) is 5.73 Å². The Morgan fingerprint density at radius 3 is 2.67 bits per heavy atom. The summed E-state index contributed by atoms with van der Waals surface area (Å²) in [5.41, 5.74) is 5.78. The molecule has 2 aliphatic heterocycles. The number of halogens is 1. The lowest BCUT2D eigenvalue weighted by atomic mass is 9.77. The minimum absolute atomic E-state index is 0.255. The molecule has 0 bridgehead atoms. The molecule has 160 valence electrons. The van der Waals surface area contributed by atoms with Gasteiger partial charge in [0.2, 0.25) is 10.8 Å². The van der Waals surface area contributed by atoms with Gasteiger partial charge in [0.25, 0.3) is 0 Å². The maximum atomic E-state index is 12.7. The molecule has 1 aliphatic carbocycles. The molecule has 0 spiro atoms. The summed E-state index contributed by atoms with van der Waals surface area (Å²) in [6, 6.07) is 0. The van der Waals surface area contributed by atoms with E-state index in [0.717, 1.165) is 43.9 Å². The normalized spacial score (nSPS) is 24.6. The molecule has 2 fully saturated rings. The van der Waals surface area contributed by atoms with Crippen molar-refractivity contribution in [2.75, 3.05) is 35.6 Å². The van der Waals surface area contributed by atoms with Gasteiger partial charge in [-0.15, -0.1) is 0 Å². The van der Waals surface area contributed by atoms with Crippen LogP contribution in [0.4, 0.5) is 11.8 Å². The fourth-order valence-corrected chi connectivity index (χ4v) is 5.75. The molecule has 0 radical (unpaired) electrons. The van der Waals surface area contributed by atoms with E-state index < -0.39 is 23.2 Å². The van der Waals surface area contributed by atoms with Gasteiger partial charge in [-0.2, -0.15) is 4.98 Å². The molecular formula is C20H26ClN7OS. The Balaban J connectivity index is 1.39. The van der Waals surface area contributed by atoms with E-state index in [2.05, 4.69) is 20.2 Å². The van der Waals surface area contributed by atoms with Crippen LogP contribution in [0.15, 0.2) is 17.3 Å². The number of piperidine rings is 1. The molecule has 5 rings (SSSR count). The minimum atomic E-state index is -1.90. The van der Waals surface area contributed by atoms with Gasteiger partial charge in [-0.3, -0.25) is 0 Å². The van der Waals surface area contributed by atoms with Crippen molar-refractivity contribution in [2.45, 2.75) is 54.9 Å². The van der Waals surface area contributed by atoms with Crippen molar-refractivity contribution in [1.82, 2.24) is 19.9 Å². The van der Waals surface area contributed by atoms with E-state index >= 15 is 0 Å². The second-order valence-electron chi connectivity index (χ2n) is 8.17. The van der Waals surface area contributed by atoms with Crippen molar-refractivity contribution in [3.05, 3.63) is 28.9 Å². The zero-order valence-corrected chi connectivity index (χ0v) is 18.2. The third-order valence-electron chi connectivity index (χ3n) is 6.30. The van der Waals surface area contributed by atoms with Gasteiger partial charge in [-0.05, 0) is 43.3 Å². The summed E-state index contributed by atoms with van der Waals surface area (Å²) in [5, 5.41) is 3.81. The number of nitrogens with one attached hydrogen (secondary N) is 1. The van der Waals surface area contributed by atoms with Gasteiger partial charge in [0, 0.05) is 47.1 Å². The molecule has 3 N–H and O–H groups in total. The van der Waals surface area contributed by atoms with Gasteiger partial charge < -0.3 is 20.5 Å². The lowest BCUT2D eigenvalue weighted by molar-refractivity contribution is 0.286. The summed E-state index contributed by atoms with van der Waals surface area (Å²) in [5.74, 6) is 2.64. The van der Waals surface area contributed by atoms with Gasteiger partial charge in [-0.25, -0.2) is 15.0 Å². The van der Waals surface area contributed by atoms with Gasteiger partial charge in [0.1, 0.15) is 17.3 Å². The zero-order chi connectivity index (χ0) is 22.5. The van der Waals surface area contributed by atoms with E-state index in [9.17, 15) is 4.55 Å². The number of rotatable bonds is 5. The van der Waals surface area contributed by atoms with Crippen molar-refractivity contribution in [3.63, 3.8) is 0 Å². The number of fused-ring (bicyclic) bond motifs is 1. The molecule has 0 aromatic carbocycles. The van der Waals surface area contributed by atoms with Crippen LogP contribution in [-0.4, -0.2) is 55.4 Å². The number of aryl methyl sites for hydroxylation is 1. The van der Waals surface area contributed by atoms with Crippen LogP contribution in [0, 0.1) is 0 Å². The Morgan fingerprint density at radius 1 is 1.30 bits per heavy atom. The predicted molar refractivity (Wildman–Crippen MR) is 118 cm³/mol. The maximum absolute atomic E-state index is 12.7. The maximum Gasteiger partial charge on any atom is 0.227 e. The van der Waals surface area contributed by atoms with Crippen LogP contribution in [0.25, 0.3) is 0 Å². The van der Waals surface area contributed by atoms with E-state index in [0.29, 0.717) is 46.7 Å². The van der Waals surface area contributed by atoms with Crippen LogP contribution < -0.4 is 16.0 Å². The quantitative estimate of drug-likeness (QED) is 0.667. The highest BCUT2D eigenvalue weighted by Gasteiger charge is 2.40. The first-order valence-corrected chi connectivity index (χ1v) is 12.0. The number of hydrogen-bond donors (Lipinski definition) is 2. The van der Waals surface area contributed by atoms with Crippen molar-refractivity contribution < 1.29 is 7.29 Å². The van der Waals surface area contributed by atoms with Crippen molar-refractivity contribution in [1.29, 1.82) is 0 Å². The number of nitrogens with two attached hydrogens (primary N) is 1. The summed E-state index contributed by atoms with van der Waals surface area (Å²) < 4.78 is 28.9. The molecule has 4 heterocycles. The average Bonchev–Trinajstić information content (AvgIpc) is 3.11. The van der Waals surface area contributed by atoms with E-state index in [1.54, 1.807) is 12.4 Å². The molecule has 2 aromatic rings. The number of anilines is 2. The Kier molecular flexibility index (Phi) is 4.85. The first kappa shape index (κ1) is 17.9. The number of hydrogen-bond acceptors (Lipinski definition) is 8. The molecule has 8 nitrogen and oxygen atoms in total. The van der Waals surface area contributed by atoms with Crippen molar-refractivity contribution >= 4 is 34.5 Å². The van der Waals surface area contributed by atoms with E-state index in [4.69, 9.17) is 30.0 Å².